The Kier molecular flexibility index (Phi) is 4.10. The second kappa shape index (κ2) is 5.40. The molecule has 1 aromatic rings. The molecule has 0 spiro atoms. The lowest BCUT2D eigenvalue weighted by atomic mass is 10.1. The molecular formula is C14H20BrNO. The first kappa shape index (κ1) is 12.9. The topological polar surface area (TPSA) is 23.5 Å². The summed E-state index contributed by atoms with van der Waals surface area (Å²) in [6.45, 7) is 6.74. The second-order valence-electron chi connectivity index (χ2n) is 4.94. The number of benzene rings is 1. The van der Waals surface area contributed by atoms with Crippen molar-refractivity contribution in [3.8, 4) is 5.75 Å². The predicted molar refractivity (Wildman–Crippen MR) is 74.2 cm³/mol. The van der Waals surface area contributed by atoms with Gasteiger partial charge in [-0.25, -0.2) is 0 Å². The Balaban J connectivity index is 2.14. The monoisotopic (exact) mass is 297 g/mol. The maximum absolute atomic E-state index is 9.94. The van der Waals surface area contributed by atoms with Gasteiger partial charge in [0.1, 0.15) is 5.75 Å². The number of halogens is 1. The number of likely N-dealkylation sites (tertiary alicyclic amines) is 1. The van der Waals surface area contributed by atoms with Crippen molar-refractivity contribution in [2.75, 3.05) is 13.1 Å². The van der Waals surface area contributed by atoms with Gasteiger partial charge in [-0.2, -0.15) is 0 Å². The van der Waals surface area contributed by atoms with Gasteiger partial charge < -0.3 is 5.11 Å². The summed E-state index contributed by atoms with van der Waals surface area (Å²) in [4.78, 5) is 2.47. The molecule has 94 valence electrons. The lowest BCUT2D eigenvalue weighted by molar-refractivity contribution is 0.247. The molecule has 1 aromatic carbocycles. The van der Waals surface area contributed by atoms with E-state index >= 15 is 0 Å². The van der Waals surface area contributed by atoms with Crippen LogP contribution in [0.4, 0.5) is 0 Å². The van der Waals surface area contributed by atoms with Crippen molar-refractivity contribution in [3.05, 3.63) is 28.2 Å². The predicted octanol–water partition coefficient (Wildman–Crippen LogP) is 3.95. The molecule has 2 unspecified atom stereocenters. The van der Waals surface area contributed by atoms with Crippen LogP contribution >= 0.6 is 15.9 Å². The van der Waals surface area contributed by atoms with E-state index in [9.17, 15) is 5.11 Å². The molecule has 1 heterocycles. The number of phenolic OH excluding ortho intramolecular Hbond substituents is 1. The van der Waals surface area contributed by atoms with E-state index in [2.05, 4.69) is 34.7 Å². The molecule has 1 aliphatic heterocycles. The third-order valence-corrected chi connectivity index (χ3v) is 4.38. The molecule has 0 amide bonds. The van der Waals surface area contributed by atoms with Gasteiger partial charge in [0.25, 0.3) is 0 Å². The quantitative estimate of drug-likeness (QED) is 0.913. The molecule has 1 N–H and O–H groups in total. The van der Waals surface area contributed by atoms with E-state index < -0.39 is 0 Å². The summed E-state index contributed by atoms with van der Waals surface area (Å²) >= 11 is 3.47. The van der Waals surface area contributed by atoms with Gasteiger partial charge in [0, 0.05) is 22.6 Å². The van der Waals surface area contributed by atoms with Gasteiger partial charge >= 0.3 is 0 Å². The maximum atomic E-state index is 9.94. The molecule has 1 aliphatic rings. The summed E-state index contributed by atoms with van der Waals surface area (Å²) in [5, 5.41) is 9.94. The molecule has 3 heteroatoms. The average Bonchev–Trinajstić information content (AvgIpc) is 2.80. The first-order valence-electron chi connectivity index (χ1n) is 6.34. The number of rotatable bonds is 3. The molecule has 2 nitrogen and oxygen atoms in total. The lowest BCUT2D eigenvalue weighted by Gasteiger charge is -2.25. The summed E-state index contributed by atoms with van der Waals surface area (Å²) < 4.78 is 1.03. The van der Waals surface area contributed by atoms with E-state index in [0.29, 0.717) is 11.8 Å². The second-order valence-corrected chi connectivity index (χ2v) is 5.85. The van der Waals surface area contributed by atoms with Crippen LogP contribution in [-0.4, -0.2) is 23.1 Å². The number of hydrogen-bond acceptors (Lipinski definition) is 2. The van der Waals surface area contributed by atoms with Crippen LogP contribution in [0.3, 0.4) is 0 Å². The highest BCUT2D eigenvalue weighted by atomic mass is 79.9. The van der Waals surface area contributed by atoms with Crippen LogP contribution in [0.25, 0.3) is 0 Å². The highest BCUT2D eigenvalue weighted by Gasteiger charge is 2.26. The van der Waals surface area contributed by atoms with Crippen LogP contribution in [0.15, 0.2) is 22.7 Å². The van der Waals surface area contributed by atoms with Crippen molar-refractivity contribution in [2.45, 2.75) is 32.7 Å². The number of nitrogens with zero attached hydrogens (tertiary/aromatic N) is 1. The fraction of sp³-hybridized carbons (Fsp3) is 0.571. The molecule has 1 fully saturated rings. The zero-order valence-corrected chi connectivity index (χ0v) is 12.1. The summed E-state index contributed by atoms with van der Waals surface area (Å²) in [5.41, 5.74) is 1.02. The van der Waals surface area contributed by atoms with E-state index in [1.165, 1.54) is 12.8 Å². The van der Waals surface area contributed by atoms with E-state index in [0.717, 1.165) is 29.0 Å². The Hall–Kier alpha value is -0.540. The maximum Gasteiger partial charge on any atom is 0.120 e. The highest BCUT2D eigenvalue weighted by Crippen LogP contribution is 2.34. The van der Waals surface area contributed by atoms with Gasteiger partial charge in [0.15, 0.2) is 0 Å². The summed E-state index contributed by atoms with van der Waals surface area (Å²) in [7, 11) is 0. The van der Waals surface area contributed by atoms with Crippen molar-refractivity contribution in [3.63, 3.8) is 0 Å². The van der Waals surface area contributed by atoms with E-state index in [1.807, 2.05) is 12.1 Å². The Bertz CT molecular complexity index is 394. The van der Waals surface area contributed by atoms with Crippen molar-refractivity contribution in [1.82, 2.24) is 4.90 Å². The summed E-state index contributed by atoms with van der Waals surface area (Å²) in [6, 6.07) is 5.97. The Morgan fingerprint density at radius 1 is 1.53 bits per heavy atom. The molecule has 0 radical (unpaired) electrons. The van der Waals surface area contributed by atoms with Crippen molar-refractivity contribution in [1.29, 1.82) is 0 Å². The van der Waals surface area contributed by atoms with E-state index in [1.54, 1.807) is 6.07 Å². The molecule has 2 atom stereocenters. The minimum atomic E-state index is 0.295. The Morgan fingerprint density at radius 2 is 2.29 bits per heavy atom. The molecule has 0 saturated carbocycles. The third kappa shape index (κ3) is 2.83. The van der Waals surface area contributed by atoms with Gasteiger partial charge in [-0.05, 0) is 44.0 Å². The van der Waals surface area contributed by atoms with Crippen LogP contribution in [0, 0.1) is 5.92 Å². The first-order valence-corrected chi connectivity index (χ1v) is 7.13. The first-order chi connectivity index (χ1) is 8.11. The van der Waals surface area contributed by atoms with Crippen molar-refractivity contribution < 1.29 is 5.11 Å². The molecule has 2 rings (SSSR count). The smallest absolute Gasteiger partial charge is 0.120 e. The van der Waals surface area contributed by atoms with Crippen LogP contribution < -0.4 is 0 Å². The number of hydrogen-bond donors (Lipinski definition) is 1. The van der Waals surface area contributed by atoms with Gasteiger partial charge in [-0.1, -0.05) is 29.3 Å². The highest BCUT2D eigenvalue weighted by molar-refractivity contribution is 9.10. The zero-order valence-electron chi connectivity index (χ0n) is 10.5. The van der Waals surface area contributed by atoms with Gasteiger partial charge in [0.2, 0.25) is 0 Å². The minimum absolute atomic E-state index is 0.295. The summed E-state index contributed by atoms with van der Waals surface area (Å²) in [5.74, 6) is 1.23. The zero-order chi connectivity index (χ0) is 12.4. The molecule has 0 bridgehead atoms. The largest absolute Gasteiger partial charge is 0.508 e. The van der Waals surface area contributed by atoms with Gasteiger partial charge in [-0.3, -0.25) is 4.90 Å². The minimum Gasteiger partial charge on any atom is -0.508 e. The van der Waals surface area contributed by atoms with Crippen molar-refractivity contribution in [2.24, 2.45) is 5.92 Å². The fourth-order valence-corrected chi connectivity index (χ4v) is 2.98. The molecule has 0 aliphatic carbocycles. The van der Waals surface area contributed by atoms with Crippen LogP contribution in [0.2, 0.25) is 0 Å². The van der Waals surface area contributed by atoms with Crippen LogP contribution in [-0.2, 0) is 0 Å². The SMILES string of the molecule is CCC1CCN(C(C)c2cc(Br)ccc2O)C1. The number of phenols is 1. The van der Waals surface area contributed by atoms with E-state index in [4.69, 9.17) is 0 Å². The lowest BCUT2D eigenvalue weighted by Crippen LogP contribution is -2.24. The Labute approximate surface area is 112 Å². The molecule has 1 saturated heterocycles. The van der Waals surface area contributed by atoms with Crippen LogP contribution in [0.1, 0.15) is 38.3 Å². The van der Waals surface area contributed by atoms with Crippen molar-refractivity contribution >= 4 is 15.9 Å². The number of aromatic hydroxyl groups is 1. The fourth-order valence-electron chi connectivity index (χ4n) is 2.60. The normalized spacial score (nSPS) is 22.9. The van der Waals surface area contributed by atoms with Gasteiger partial charge in [0.05, 0.1) is 0 Å². The Morgan fingerprint density at radius 3 is 2.94 bits per heavy atom. The average molecular weight is 298 g/mol. The van der Waals surface area contributed by atoms with Crippen LogP contribution in [0.5, 0.6) is 5.75 Å². The summed E-state index contributed by atoms with van der Waals surface area (Å²) in [6.07, 6.45) is 2.54. The molecule has 17 heavy (non-hydrogen) atoms. The third-order valence-electron chi connectivity index (χ3n) is 3.88. The van der Waals surface area contributed by atoms with Gasteiger partial charge in [-0.15, -0.1) is 0 Å². The molecular weight excluding hydrogens is 278 g/mol. The standard InChI is InChI=1S/C14H20BrNO/c1-3-11-6-7-16(9-11)10(2)13-8-12(15)4-5-14(13)17/h4-5,8,10-11,17H,3,6-7,9H2,1-2H3. The molecule has 0 aromatic heterocycles. The van der Waals surface area contributed by atoms with E-state index in [-0.39, 0.29) is 0 Å².